The standard InChI is InChI=1S/C36H55NO9/c1-9-29-28(7)36(41,21-32(39)44-29)20-13-12-16-25(4)33-24(3)15-10-11-18-30(45-35(37)40)27(6)34(43-22-42-8)26(5)23(2)17-14-19-31(38)46-33/h10-13,15-18,24,26-30,33-34,41H,9,14,19-22H2,1-8H3,(H2,37,40)/b13-12+,15-10-,18-11-,23-17+,25-16+/t24-,26?,27?,28?,29-,30?,33?,34-,36-/m0/s1. The highest BCUT2D eigenvalue weighted by Gasteiger charge is 2.45. The number of cyclic esters (lactones) is 2. The number of hydrogen-bond donors (Lipinski definition) is 2. The maximum Gasteiger partial charge on any atom is 0.405 e. The Kier molecular flexibility index (Phi) is 15.9. The molecule has 0 aromatic carbocycles. The van der Waals surface area contributed by atoms with Crippen LogP contribution in [0.1, 0.15) is 80.6 Å². The van der Waals surface area contributed by atoms with Gasteiger partial charge in [-0.25, -0.2) is 4.79 Å². The van der Waals surface area contributed by atoms with Gasteiger partial charge in [0.1, 0.15) is 25.1 Å². The molecule has 2 aliphatic heterocycles. The van der Waals surface area contributed by atoms with E-state index < -0.39 is 23.9 Å². The number of carbonyl (C=O) groups excluding carboxylic acids is 3. The van der Waals surface area contributed by atoms with Crippen molar-refractivity contribution in [2.75, 3.05) is 13.9 Å². The van der Waals surface area contributed by atoms with Crippen LogP contribution in [0.3, 0.4) is 0 Å². The number of amides is 1. The summed E-state index contributed by atoms with van der Waals surface area (Å²) in [6, 6.07) is 0. The lowest BCUT2D eigenvalue weighted by Gasteiger charge is -2.41. The second-order valence-corrected chi connectivity index (χ2v) is 12.7. The largest absolute Gasteiger partial charge is 0.462 e. The van der Waals surface area contributed by atoms with Gasteiger partial charge in [0.05, 0.1) is 18.1 Å². The van der Waals surface area contributed by atoms with Crippen LogP contribution in [0.15, 0.2) is 59.8 Å². The van der Waals surface area contributed by atoms with Crippen molar-refractivity contribution in [3.05, 3.63) is 59.8 Å². The number of methoxy groups -OCH3 is 1. The van der Waals surface area contributed by atoms with E-state index in [0.29, 0.717) is 19.3 Å². The molecule has 10 heteroatoms. The number of carbonyl (C=O) groups is 3. The highest BCUT2D eigenvalue weighted by atomic mass is 16.7. The molecule has 2 rings (SSSR count). The number of nitrogens with two attached hydrogens (primary N) is 1. The van der Waals surface area contributed by atoms with Gasteiger partial charge in [0.15, 0.2) is 0 Å². The summed E-state index contributed by atoms with van der Waals surface area (Å²) in [5.41, 5.74) is 6.08. The number of rotatable bonds is 9. The molecule has 10 nitrogen and oxygen atoms in total. The molecule has 46 heavy (non-hydrogen) atoms. The van der Waals surface area contributed by atoms with E-state index in [-0.39, 0.29) is 67.5 Å². The Bertz CT molecular complexity index is 1170. The first-order valence-corrected chi connectivity index (χ1v) is 16.3. The fourth-order valence-electron chi connectivity index (χ4n) is 6.08. The summed E-state index contributed by atoms with van der Waals surface area (Å²) in [4.78, 5) is 36.9. The summed E-state index contributed by atoms with van der Waals surface area (Å²) in [6.07, 6.45) is 13.7. The second-order valence-electron chi connectivity index (χ2n) is 12.7. The molecule has 2 aliphatic rings. The van der Waals surface area contributed by atoms with Crippen molar-refractivity contribution in [2.24, 2.45) is 29.4 Å². The quantitative estimate of drug-likeness (QED) is 0.1000. The highest BCUT2D eigenvalue weighted by Crippen LogP contribution is 2.36. The van der Waals surface area contributed by atoms with E-state index in [1.807, 2.05) is 84.9 Å². The number of esters is 2. The first kappa shape index (κ1) is 39.0. The summed E-state index contributed by atoms with van der Waals surface area (Å²) >= 11 is 0. The molecule has 0 aromatic heterocycles. The van der Waals surface area contributed by atoms with Crippen molar-refractivity contribution < 1.29 is 43.2 Å². The van der Waals surface area contributed by atoms with Gasteiger partial charge in [0.2, 0.25) is 0 Å². The molecule has 9 atom stereocenters. The van der Waals surface area contributed by atoms with Crippen molar-refractivity contribution in [2.45, 2.75) is 111 Å². The van der Waals surface area contributed by atoms with Crippen molar-refractivity contribution in [3.63, 3.8) is 0 Å². The molecular formula is C36H55NO9. The maximum atomic E-state index is 13.0. The monoisotopic (exact) mass is 645 g/mol. The van der Waals surface area contributed by atoms with Crippen LogP contribution >= 0.6 is 0 Å². The van der Waals surface area contributed by atoms with E-state index >= 15 is 0 Å². The van der Waals surface area contributed by atoms with Crippen molar-refractivity contribution in [1.82, 2.24) is 0 Å². The van der Waals surface area contributed by atoms with Crippen LogP contribution in [0, 0.1) is 23.7 Å². The van der Waals surface area contributed by atoms with Gasteiger partial charge in [-0.1, -0.05) is 82.7 Å². The first-order chi connectivity index (χ1) is 21.7. The third-order valence-corrected chi connectivity index (χ3v) is 9.21. The molecular weight excluding hydrogens is 590 g/mol. The molecule has 0 aliphatic carbocycles. The summed E-state index contributed by atoms with van der Waals surface area (Å²) in [6.45, 7) is 13.7. The molecule has 0 spiro atoms. The Labute approximate surface area is 274 Å². The third-order valence-electron chi connectivity index (χ3n) is 9.21. The number of aliphatic hydroxyl groups is 1. The van der Waals surface area contributed by atoms with Crippen molar-refractivity contribution in [3.8, 4) is 0 Å². The Balaban J connectivity index is 2.34. The molecule has 3 N–H and O–H groups in total. The third kappa shape index (κ3) is 11.5. The highest BCUT2D eigenvalue weighted by molar-refractivity contribution is 5.72. The predicted octanol–water partition coefficient (Wildman–Crippen LogP) is 6.10. The molecule has 1 amide bonds. The average Bonchev–Trinajstić information content (AvgIpc) is 3.00. The normalized spacial score (nSPS) is 36.3. The summed E-state index contributed by atoms with van der Waals surface area (Å²) < 4.78 is 28.1. The van der Waals surface area contributed by atoms with Gasteiger partial charge in [-0.15, -0.1) is 0 Å². The lowest BCUT2D eigenvalue weighted by molar-refractivity contribution is -0.182. The Morgan fingerprint density at radius 1 is 1.13 bits per heavy atom. The van der Waals surface area contributed by atoms with Crippen LogP contribution < -0.4 is 5.73 Å². The van der Waals surface area contributed by atoms with E-state index in [1.165, 1.54) is 0 Å². The Hall–Kier alpha value is -3.21. The molecule has 0 saturated carbocycles. The fourth-order valence-corrected chi connectivity index (χ4v) is 6.08. The average molecular weight is 646 g/mol. The van der Waals surface area contributed by atoms with Gasteiger partial charge in [-0.3, -0.25) is 9.59 Å². The van der Waals surface area contributed by atoms with E-state index in [1.54, 1.807) is 19.3 Å². The topological polar surface area (TPSA) is 144 Å². The minimum atomic E-state index is -1.18. The Morgan fingerprint density at radius 2 is 1.83 bits per heavy atom. The van der Waals surface area contributed by atoms with Gasteiger partial charge in [-0.05, 0) is 44.8 Å². The summed E-state index contributed by atoms with van der Waals surface area (Å²) in [5, 5.41) is 11.2. The van der Waals surface area contributed by atoms with Gasteiger partial charge >= 0.3 is 18.0 Å². The second kappa shape index (κ2) is 18.8. The fraction of sp³-hybridized carbons (Fsp3) is 0.639. The zero-order chi connectivity index (χ0) is 34.4. The zero-order valence-electron chi connectivity index (χ0n) is 28.8. The minimum absolute atomic E-state index is 0.0507. The summed E-state index contributed by atoms with van der Waals surface area (Å²) in [5.74, 6) is -1.43. The van der Waals surface area contributed by atoms with Crippen LogP contribution in [0.5, 0.6) is 0 Å². The van der Waals surface area contributed by atoms with Gasteiger partial charge in [0, 0.05) is 37.2 Å². The number of hydrogen-bond acceptors (Lipinski definition) is 9. The summed E-state index contributed by atoms with van der Waals surface area (Å²) in [7, 11) is 1.55. The van der Waals surface area contributed by atoms with E-state index in [4.69, 9.17) is 29.4 Å². The van der Waals surface area contributed by atoms with Crippen molar-refractivity contribution >= 4 is 18.0 Å². The molecule has 1 saturated heterocycles. The van der Waals surface area contributed by atoms with Crippen LogP contribution in [0.25, 0.3) is 0 Å². The molecule has 0 radical (unpaired) electrons. The minimum Gasteiger partial charge on any atom is -0.462 e. The smallest absolute Gasteiger partial charge is 0.405 e. The maximum absolute atomic E-state index is 13.0. The Morgan fingerprint density at radius 3 is 2.48 bits per heavy atom. The zero-order valence-corrected chi connectivity index (χ0v) is 28.8. The number of ether oxygens (including phenoxy) is 5. The molecule has 258 valence electrons. The van der Waals surface area contributed by atoms with E-state index in [2.05, 4.69) is 0 Å². The number of primary amides is 1. The van der Waals surface area contributed by atoms with E-state index in [0.717, 1.165) is 11.1 Å². The van der Waals surface area contributed by atoms with Gasteiger partial charge in [-0.2, -0.15) is 0 Å². The molecule has 0 aromatic rings. The lowest BCUT2D eigenvalue weighted by atomic mass is 9.77. The lowest BCUT2D eigenvalue weighted by Crippen LogP contribution is -2.50. The van der Waals surface area contributed by atoms with Crippen LogP contribution in [0.2, 0.25) is 0 Å². The molecule has 2 heterocycles. The SMILES string of the molecule is CC[C@@H]1OC(=O)C[C@@](O)(C/C=C/C=C(\C)C2OC(=O)CC/C=C(\C)C(C)[C@H](OCOC)C(C)C(OC(N)=O)/C=C\C=C/[C@@H]2C)C1C. The molecule has 0 bridgehead atoms. The van der Waals surface area contributed by atoms with Crippen molar-refractivity contribution in [1.29, 1.82) is 0 Å². The molecule has 5 unspecified atom stereocenters. The predicted molar refractivity (Wildman–Crippen MR) is 176 cm³/mol. The van der Waals surface area contributed by atoms with Crippen LogP contribution in [-0.2, 0) is 33.3 Å². The molecule has 1 fully saturated rings. The first-order valence-electron chi connectivity index (χ1n) is 16.3. The number of allylic oxidation sites excluding steroid dienone is 5. The van der Waals surface area contributed by atoms with Gasteiger partial charge in [0.25, 0.3) is 0 Å². The van der Waals surface area contributed by atoms with Crippen LogP contribution in [0.4, 0.5) is 4.79 Å². The van der Waals surface area contributed by atoms with Crippen LogP contribution in [-0.4, -0.2) is 67.1 Å². The van der Waals surface area contributed by atoms with Gasteiger partial charge < -0.3 is 34.5 Å². The van der Waals surface area contributed by atoms with E-state index in [9.17, 15) is 19.5 Å².